The van der Waals surface area contributed by atoms with Gasteiger partial charge in [-0.15, -0.1) is 0 Å². The standard InChI is InChI=1S/C36H35ClN2O8S/c37-30-11-7-26(8-12-30)27-9-13-32(14-10-27)48(44,45)39(24-25-3-1-5-29(21-25)34(40)41)36(35(42)43)23-33(36)28-4-2-6-31(22-28)47-20-17-38-15-18-46-19-16-38/h1-14,21-22,33H,15-20,23-24H2,(H,40,41)(H,42,43)/t33-,36-/m1/s1. The predicted molar refractivity (Wildman–Crippen MR) is 180 cm³/mol. The first-order valence-corrected chi connectivity index (χ1v) is 17.4. The molecular weight excluding hydrogens is 656 g/mol. The summed E-state index contributed by atoms with van der Waals surface area (Å²) in [5, 5.41) is 20.9. The minimum atomic E-state index is -4.42. The lowest BCUT2D eigenvalue weighted by Crippen LogP contribution is -2.48. The van der Waals surface area contributed by atoms with Gasteiger partial charge < -0.3 is 19.7 Å². The zero-order valence-corrected chi connectivity index (χ0v) is 27.6. The summed E-state index contributed by atoms with van der Waals surface area (Å²) in [6.45, 7) is 3.83. The maximum absolute atomic E-state index is 14.5. The highest BCUT2D eigenvalue weighted by Gasteiger charge is 2.68. The van der Waals surface area contributed by atoms with Crippen LogP contribution in [-0.2, 0) is 26.1 Å². The van der Waals surface area contributed by atoms with E-state index in [2.05, 4.69) is 4.90 Å². The van der Waals surface area contributed by atoms with Gasteiger partial charge in [-0.2, -0.15) is 4.31 Å². The van der Waals surface area contributed by atoms with Gasteiger partial charge >= 0.3 is 11.9 Å². The van der Waals surface area contributed by atoms with E-state index in [1.807, 2.05) is 12.1 Å². The second-order valence-electron chi connectivity index (χ2n) is 11.9. The number of nitrogens with zero attached hydrogens (tertiary/aromatic N) is 2. The first-order valence-electron chi connectivity index (χ1n) is 15.6. The zero-order chi connectivity index (χ0) is 33.9. The third-order valence-electron chi connectivity index (χ3n) is 8.91. The number of carboxylic acids is 2. The molecule has 2 N–H and O–H groups in total. The van der Waals surface area contributed by atoms with Crippen molar-refractivity contribution in [2.75, 3.05) is 39.5 Å². The quantitative estimate of drug-likeness (QED) is 0.183. The number of hydrogen-bond acceptors (Lipinski definition) is 7. The van der Waals surface area contributed by atoms with Crippen LogP contribution in [0.5, 0.6) is 5.75 Å². The summed E-state index contributed by atoms with van der Waals surface area (Å²) in [7, 11) is -4.42. The maximum atomic E-state index is 14.5. The summed E-state index contributed by atoms with van der Waals surface area (Å²) in [6, 6.07) is 26.3. The molecule has 1 saturated heterocycles. The molecule has 6 rings (SSSR count). The number of carboxylic acid groups (broad SMARTS) is 2. The Bertz CT molecular complexity index is 1900. The van der Waals surface area contributed by atoms with Crippen LogP contribution in [0.2, 0.25) is 5.02 Å². The molecular formula is C36H35ClN2O8S. The lowest BCUT2D eigenvalue weighted by atomic mass is 10.0. The van der Waals surface area contributed by atoms with Crippen molar-refractivity contribution in [1.29, 1.82) is 0 Å². The lowest BCUT2D eigenvalue weighted by molar-refractivity contribution is -0.143. The summed E-state index contributed by atoms with van der Waals surface area (Å²) >= 11 is 6.03. The summed E-state index contributed by atoms with van der Waals surface area (Å²) in [5.41, 5.74) is 0.729. The molecule has 0 bridgehead atoms. The van der Waals surface area contributed by atoms with E-state index < -0.39 is 33.4 Å². The molecule has 1 heterocycles. The summed E-state index contributed by atoms with van der Waals surface area (Å²) in [4.78, 5) is 27.1. The third kappa shape index (κ3) is 7.11. The fraction of sp³-hybridized carbons (Fsp3) is 0.278. The number of hydrogen-bond donors (Lipinski definition) is 2. The average molecular weight is 691 g/mol. The number of ether oxygens (including phenoxy) is 2. The van der Waals surface area contributed by atoms with E-state index in [-0.39, 0.29) is 23.4 Å². The molecule has 48 heavy (non-hydrogen) atoms. The van der Waals surface area contributed by atoms with Crippen molar-refractivity contribution in [2.24, 2.45) is 0 Å². The number of carbonyl (C=O) groups is 2. The third-order valence-corrected chi connectivity index (χ3v) is 11.1. The molecule has 0 amide bonds. The van der Waals surface area contributed by atoms with Crippen LogP contribution >= 0.6 is 11.6 Å². The monoisotopic (exact) mass is 690 g/mol. The van der Waals surface area contributed by atoms with Crippen molar-refractivity contribution in [3.8, 4) is 16.9 Å². The van der Waals surface area contributed by atoms with Crippen molar-refractivity contribution in [3.05, 3.63) is 119 Å². The zero-order valence-electron chi connectivity index (χ0n) is 26.0. The number of morpholine rings is 1. The van der Waals surface area contributed by atoms with Crippen LogP contribution in [0.15, 0.2) is 102 Å². The molecule has 0 unspecified atom stereocenters. The number of halogens is 1. The number of benzene rings is 4. The fourth-order valence-electron chi connectivity index (χ4n) is 6.20. The minimum Gasteiger partial charge on any atom is -0.492 e. The second-order valence-corrected chi connectivity index (χ2v) is 14.2. The minimum absolute atomic E-state index is 0.0280. The Balaban J connectivity index is 1.32. The molecule has 4 aromatic carbocycles. The van der Waals surface area contributed by atoms with Gasteiger partial charge in [0.2, 0.25) is 10.0 Å². The van der Waals surface area contributed by atoms with E-state index in [9.17, 15) is 28.2 Å². The summed E-state index contributed by atoms with van der Waals surface area (Å²) in [5.74, 6) is -2.58. The normalized spacial score (nSPS) is 19.6. The first kappa shape index (κ1) is 33.6. The van der Waals surface area contributed by atoms with Crippen LogP contribution in [-0.4, -0.2) is 84.8 Å². The molecule has 12 heteroatoms. The van der Waals surface area contributed by atoms with E-state index in [4.69, 9.17) is 21.1 Å². The Kier molecular flexibility index (Phi) is 9.86. The SMILES string of the molecule is O=C(O)c1cccc(CN([C@]2(C(=O)O)C[C@@H]2c2cccc(OCCN3CCOCC3)c2)S(=O)(=O)c2ccc(-c3ccc(Cl)cc3)cc2)c1. The van der Waals surface area contributed by atoms with Crippen LogP contribution in [0.4, 0.5) is 0 Å². The molecule has 1 aliphatic heterocycles. The maximum Gasteiger partial charge on any atom is 0.335 e. The van der Waals surface area contributed by atoms with Gasteiger partial charge in [0.15, 0.2) is 0 Å². The molecule has 250 valence electrons. The van der Waals surface area contributed by atoms with E-state index in [1.54, 1.807) is 54.6 Å². The Hall–Kier alpha value is -4.26. The number of sulfonamides is 1. The van der Waals surface area contributed by atoms with Gasteiger partial charge in [0.25, 0.3) is 0 Å². The van der Waals surface area contributed by atoms with Crippen molar-refractivity contribution in [3.63, 3.8) is 0 Å². The number of rotatable bonds is 13. The molecule has 0 aromatic heterocycles. The number of aromatic carboxylic acids is 1. The van der Waals surface area contributed by atoms with Gasteiger partial charge in [0, 0.05) is 37.1 Å². The lowest BCUT2D eigenvalue weighted by Gasteiger charge is -2.30. The molecule has 1 aliphatic carbocycles. The number of aliphatic carboxylic acids is 1. The van der Waals surface area contributed by atoms with Gasteiger partial charge in [-0.05, 0) is 77.2 Å². The molecule has 2 aliphatic rings. The molecule has 0 spiro atoms. The fourth-order valence-corrected chi connectivity index (χ4v) is 8.09. The van der Waals surface area contributed by atoms with Crippen LogP contribution in [0, 0.1) is 0 Å². The van der Waals surface area contributed by atoms with E-state index in [1.165, 1.54) is 30.3 Å². The largest absolute Gasteiger partial charge is 0.492 e. The molecule has 10 nitrogen and oxygen atoms in total. The van der Waals surface area contributed by atoms with E-state index in [0.717, 1.165) is 28.5 Å². The van der Waals surface area contributed by atoms with Crippen LogP contribution in [0.3, 0.4) is 0 Å². The Labute approximate surface area is 284 Å². The van der Waals surface area contributed by atoms with Gasteiger partial charge in [-0.25, -0.2) is 13.2 Å². The van der Waals surface area contributed by atoms with Gasteiger partial charge in [-0.1, -0.05) is 60.1 Å². The smallest absolute Gasteiger partial charge is 0.335 e. The van der Waals surface area contributed by atoms with Crippen molar-refractivity contribution < 1.29 is 37.7 Å². The van der Waals surface area contributed by atoms with Crippen molar-refractivity contribution in [1.82, 2.24) is 9.21 Å². The van der Waals surface area contributed by atoms with Gasteiger partial charge in [0.1, 0.15) is 17.9 Å². The van der Waals surface area contributed by atoms with Gasteiger partial charge in [0.05, 0.1) is 23.7 Å². The van der Waals surface area contributed by atoms with Crippen LogP contribution in [0.25, 0.3) is 11.1 Å². The van der Waals surface area contributed by atoms with Crippen molar-refractivity contribution >= 4 is 33.6 Å². The highest BCUT2D eigenvalue weighted by molar-refractivity contribution is 7.89. The Morgan fingerprint density at radius 2 is 1.58 bits per heavy atom. The van der Waals surface area contributed by atoms with E-state index >= 15 is 0 Å². The second kappa shape index (κ2) is 14.1. The molecule has 4 aromatic rings. The summed E-state index contributed by atoms with van der Waals surface area (Å²) < 4.78 is 41.4. The predicted octanol–water partition coefficient (Wildman–Crippen LogP) is 5.62. The van der Waals surface area contributed by atoms with Crippen LogP contribution < -0.4 is 4.74 Å². The topological polar surface area (TPSA) is 134 Å². The van der Waals surface area contributed by atoms with Gasteiger partial charge in [-0.3, -0.25) is 9.69 Å². The molecule has 2 fully saturated rings. The molecule has 1 saturated carbocycles. The Morgan fingerprint density at radius 1 is 0.917 bits per heavy atom. The summed E-state index contributed by atoms with van der Waals surface area (Å²) in [6.07, 6.45) is 0.0280. The highest BCUT2D eigenvalue weighted by atomic mass is 35.5. The highest BCUT2D eigenvalue weighted by Crippen LogP contribution is 2.58. The Morgan fingerprint density at radius 3 is 2.25 bits per heavy atom. The average Bonchev–Trinajstić information content (AvgIpc) is 3.85. The molecule has 0 radical (unpaired) electrons. The van der Waals surface area contributed by atoms with E-state index in [0.29, 0.717) is 48.3 Å². The first-order chi connectivity index (χ1) is 23.1. The van der Waals surface area contributed by atoms with Crippen molar-refractivity contribution in [2.45, 2.75) is 29.3 Å². The van der Waals surface area contributed by atoms with Crippen LogP contribution in [0.1, 0.15) is 33.8 Å². The molecule has 2 atom stereocenters.